The van der Waals surface area contributed by atoms with Crippen molar-refractivity contribution in [3.63, 3.8) is 0 Å². The van der Waals surface area contributed by atoms with E-state index in [2.05, 4.69) is 5.32 Å². The predicted molar refractivity (Wildman–Crippen MR) is 74.6 cm³/mol. The number of alkyl halides is 2. The number of nitrogens with one attached hydrogen (secondary N) is 1. The van der Waals surface area contributed by atoms with Crippen LogP contribution < -0.4 is 5.32 Å². The molecule has 0 radical (unpaired) electrons. The van der Waals surface area contributed by atoms with Crippen molar-refractivity contribution >= 4 is 17.2 Å². The third-order valence-electron chi connectivity index (χ3n) is 3.46. The van der Waals surface area contributed by atoms with E-state index in [0.29, 0.717) is 4.88 Å². The first kappa shape index (κ1) is 15.4. The topological polar surface area (TPSA) is 49.3 Å². The normalized spacial score (nSPS) is 16.1. The number of amides is 1. The van der Waals surface area contributed by atoms with Crippen LogP contribution in [0.25, 0.3) is 0 Å². The Bertz CT molecular complexity index is 448. The molecule has 1 aromatic rings. The van der Waals surface area contributed by atoms with Gasteiger partial charge in [0.2, 0.25) is 0 Å². The van der Waals surface area contributed by atoms with Gasteiger partial charge >= 0.3 is 0 Å². The predicted octanol–water partition coefficient (Wildman–Crippen LogP) is 2.76. The van der Waals surface area contributed by atoms with Crippen LogP contribution >= 0.6 is 11.3 Å². The second-order valence-corrected chi connectivity index (χ2v) is 6.31. The van der Waals surface area contributed by atoms with Crippen molar-refractivity contribution in [2.24, 2.45) is 0 Å². The Balaban J connectivity index is 2.01. The highest BCUT2D eigenvalue weighted by Gasteiger charge is 2.28. The molecule has 1 aromatic heterocycles. The number of carbonyl (C=O) groups is 1. The first-order valence-corrected chi connectivity index (χ1v) is 7.72. The Morgan fingerprint density at radius 1 is 1.30 bits per heavy atom. The molecule has 1 heterocycles. The standard InChI is InChI=1S/C14H19F2NO2S/c15-14(16,9-18)8-17-13(19)12-7-10-5-3-1-2-4-6-11(10)20-12/h7,18H,1-6,8-9H2,(H,17,19). The molecule has 2 N–H and O–H groups in total. The fourth-order valence-corrected chi connectivity index (χ4v) is 3.48. The van der Waals surface area contributed by atoms with Crippen LogP contribution in [-0.2, 0) is 12.8 Å². The van der Waals surface area contributed by atoms with Gasteiger partial charge in [-0.05, 0) is 37.3 Å². The molecule has 20 heavy (non-hydrogen) atoms. The Hall–Kier alpha value is -1.01. The third-order valence-corrected chi connectivity index (χ3v) is 4.70. The lowest BCUT2D eigenvalue weighted by molar-refractivity contribution is -0.0461. The van der Waals surface area contributed by atoms with E-state index in [0.717, 1.165) is 25.7 Å². The number of aliphatic hydroxyl groups excluding tert-OH is 1. The highest BCUT2D eigenvalue weighted by Crippen LogP contribution is 2.28. The number of hydrogen-bond acceptors (Lipinski definition) is 3. The minimum atomic E-state index is -3.26. The Morgan fingerprint density at radius 3 is 2.70 bits per heavy atom. The van der Waals surface area contributed by atoms with Gasteiger partial charge in [0.15, 0.2) is 0 Å². The number of aryl methyl sites for hydroxylation is 2. The Labute approximate surface area is 121 Å². The van der Waals surface area contributed by atoms with Gasteiger partial charge in [-0.25, -0.2) is 8.78 Å². The number of thiophene rings is 1. The zero-order valence-electron chi connectivity index (χ0n) is 11.3. The van der Waals surface area contributed by atoms with Crippen molar-refractivity contribution in [1.29, 1.82) is 0 Å². The van der Waals surface area contributed by atoms with Gasteiger partial charge in [0, 0.05) is 4.88 Å². The van der Waals surface area contributed by atoms with Crippen LogP contribution in [0.2, 0.25) is 0 Å². The van der Waals surface area contributed by atoms with Gasteiger partial charge in [0.05, 0.1) is 11.4 Å². The van der Waals surface area contributed by atoms with Crippen LogP contribution in [0.4, 0.5) is 8.78 Å². The molecular weight excluding hydrogens is 284 g/mol. The van der Waals surface area contributed by atoms with E-state index in [1.54, 1.807) is 0 Å². The number of halogens is 2. The average Bonchev–Trinajstić information content (AvgIpc) is 2.79. The molecule has 0 saturated heterocycles. The fraction of sp³-hybridized carbons (Fsp3) is 0.643. The first-order valence-electron chi connectivity index (χ1n) is 6.90. The molecule has 112 valence electrons. The third kappa shape index (κ3) is 3.99. The highest BCUT2D eigenvalue weighted by atomic mass is 32.1. The molecule has 0 unspecified atom stereocenters. The maximum absolute atomic E-state index is 12.9. The molecule has 0 saturated carbocycles. The molecule has 0 atom stereocenters. The van der Waals surface area contributed by atoms with Crippen LogP contribution in [-0.4, -0.2) is 30.1 Å². The van der Waals surface area contributed by atoms with E-state index < -0.39 is 25.0 Å². The van der Waals surface area contributed by atoms with Gasteiger partial charge in [-0.15, -0.1) is 11.3 Å². The summed E-state index contributed by atoms with van der Waals surface area (Å²) in [6, 6.07) is 1.83. The van der Waals surface area contributed by atoms with Crippen molar-refractivity contribution in [2.45, 2.75) is 44.4 Å². The molecule has 1 amide bonds. The summed E-state index contributed by atoms with van der Waals surface area (Å²) < 4.78 is 25.8. The van der Waals surface area contributed by atoms with Crippen molar-refractivity contribution in [1.82, 2.24) is 5.32 Å². The Morgan fingerprint density at radius 2 is 2.00 bits per heavy atom. The van der Waals surface area contributed by atoms with Crippen LogP contribution in [0.5, 0.6) is 0 Å². The number of hydrogen-bond donors (Lipinski definition) is 2. The number of rotatable bonds is 4. The Kier molecular flexibility index (Phi) is 5.10. The van der Waals surface area contributed by atoms with Crippen molar-refractivity contribution in [2.75, 3.05) is 13.2 Å². The zero-order chi connectivity index (χ0) is 14.6. The summed E-state index contributed by atoms with van der Waals surface area (Å²) in [5.74, 6) is -3.74. The quantitative estimate of drug-likeness (QED) is 0.898. The van der Waals surface area contributed by atoms with Crippen molar-refractivity contribution in [3.05, 3.63) is 21.4 Å². The molecule has 6 heteroatoms. The smallest absolute Gasteiger partial charge is 0.287 e. The summed E-state index contributed by atoms with van der Waals surface area (Å²) in [4.78, 5) is 13.6. The maximum Gasteiger partial charge on any atom is 0.287 e. The van der Waals surface area contributed by atoms with Gasteiger partial charge in [-0.3, -0.25) is 4.79 Å². The second kappa shape index (κ2) is 6.63. The fourth-order valence-electron chi connectivity index (χ4n) is 2.31. The average molecular weight is 303 g/mol. The van der Waals surface area contributed by atoms with Gasteiger partial charge in [0.1, 0.15) is 6.61 Å². The zero-order valence-corrected chi connectivity index (χ0v) is 12.1. The lowest BCUT2D eigenvalue weighted by Gasteiger charge is -2.13. The minimum absolute atomic E-state index is 0.477. The van der Waals surface area contributed by atoms with Crippen LogP contribution in [0.15, 0.2) is 6.07 Å². The molecule has 0 aromatic carbocycles. The minimum Gasteiger partial charge on any atom is -0.390 e. The van der Waals surface area contributed by atoms with E-state index in [1.165, 1.54) is 34.6 Å². The highest BCUT2D eigenvalue weighted by molar-refractivity contribution is 7.14. The summed E-state index contributed by atoms with van der Waals surface area (Å²) in [5, 5.41) is 10.7. The number of carbonyl (C=O) groups excluding carboxylic acids is 1. The molecule has 0 spiro atoms. The summed E-state index contributed by atoms with van der Waals surface area (Å²) in [6.45, 7) is -2.08. The molecule has 2 rings (SSSR count). The summed E-state index contributed by atoms with van der Waals surface area (Å²) in [6.07, 6.45) is 6.59. The van der Waals surface area contributed by atoms with E-state index in [4.69, 9.17) is 5.11 Å². The summed E-state index contributed by atoms with van der Waals surface area (Å²) >= 11 is 1.40. The van der Waals surface area contributed by atoms with Crippen LogP contribution in [0.3, 0.4) is 0 Å². The second-order valence-electron chi connectivity index (χ2n) is 5.17. The number of aliphatic hydroxyl groups is 1. The molecule has 3 nitrogen and oxygen atoms in total. The number of fused-ring (bicyclic) bond motifs is 1. The summed E-state index contributed by atoms with van der Waals surface area (Å²) in [5.41, 5.74) is 1.19. The molecule has 1 aliphatic rings. The van der Waals surface area contributed by atoms with E-state index >= 15 is 0 Å². The van der Waals surface area contributed by atoms with Crippen LogP contribution in [0.1, 0.15) is 45.8 Å². The van der Waals surface area contributed by atoms with Gasteiger partial charge < -0.3 is 10.4 Å². The summed E-state index contributed by atoms with van der Waals surface area (Å²) in [7, 11) is 0. The molecule has 0 aliphatic heterocycles. The van der Waals surface area contributed by atoms with Crippen molar-refractivity contribution in [3.8, 4) is 0 Å². The molecular formula is C14H19F2NO2S. The SMILES string of the molecule is O=C(NCC(F)(F)CO)c1cc2c(s1)CCCCCC2. The monoisotopic (exact) mass is 303 g/mol. The van der Waals surface area contributed by atoms with E-state index in [1.807, 2.05) is 6.07 Å². The lowest BCUT2D eigenvalue weighted by Crippen LogP contribution is -2.38. The van der Waals surface area contributed by atoms with Crippen molar-refractivity contribution < 1.29 is 18.7 Å². The van der Waals surface area contributed by atoms with Crippen LogP contribution in [0, 0.1) is 0 Å². The van der Waals surface area contributed by atoms with E-state index in [-0.39, 0.29) is 0 Å². The lowest BCUT2D eigenvalue weighted by atomic mass is 10.00. The molecule has 0 fully saturated rings. The van der Waals surface area contributed by atoms with Gasteiger partial charge in [-0.1, -0.05) is 12.8 Å². The first-order chi connectivity index (χ1) is 9.52. The maximum atomic E-state index is 12.9. The molecule has 0 bridgehead atoms. The van der Waals surface area contributed by atoms with Gasteiger partial charge in [0.25, 0.3) is 11.8 Å². The largest absolute Gasteiger partial charge is 0.390 e. The molecule has 1 aliphatic carbocycles. The van der Waals surface area contributed by atoms with E-state index in [9.17, 15) is 13.6 Å². The van der Waals surface area contributed by atoms with Gasteiger partial charge in [-0.2, -0.15) is 0 Å².